The van der Waals surface area contributed by atoms with Crippen LogP contribution in [0.2, 0.25) is 0 Å². The second-order valence-corrected chi connectivity index (χ2v) is 4.91. The van der Waals surface area contributed by atoms with Gasteiger partial charge < -0.3 is 20.3 Å². The zero-order valence-electron chi connectivity index (χ0n) is 11.0. The Hall–Kier alpha value is -0.160. The Morgan fingerprint density at radius 2 is 1.94 bits per heavy atom. The topological polar surface area (TPSA) is 64.7 Å². The van der Waals surface area contributed by atoms with Crippen molar-refractivity contribution < 1.29 is 14.6 Å². The summed E-state index contributed by atoms with van der Waals surface area (Å²) >= 11 is 0. The first-order valence-electron chi connectivity index (χ1n) is 6.81. The molecule has 4 heteroatoms. The molecular formula is C13H27NO3. The molecule has 102 valence electrons. The third kappa shape index (κ3) is 4.92. The highest BCUT2D eigenvalue weighted by atomic mass is 16.5. The van der Waals surface area contributed by atoms with Crippen molar-refractivity contribution >= 4 is 0 Å². The van der Waals surface area contributed by atoms with Crippen LogP contribution in [-0.4, -0.2) is 43.7 Å². The Bertz CT molecular complexity index is 201. The van der Waals surface area contributed by atoms with Gasteiger partial charge >= 0.3 is 0 Å². The van der Waals surface area contributed by atoms with E-state index in [-0.39, 0.29) is 0 Å². The van der Waals surface area contributed by atoms with Crippen molar-refractivity contribution in [1.82, 2.24) is 0 Å². The molecule has 3 N–H and O–H groups in total. The summed E-state index contributed by atoms with van der Waals surface area (Å²) in [5.74, 6) is 0.309. The number of aliphatic hydroxyl groups is 1. The van der Waals surface area contributed by atoms with Crippen LogP contribution >= 0.6 is 0 Å². The van der Waals surface area contributed by atoms with Crippen LogP contribution in [0.25, 0.3) is 0 Å². The molecule has 1 saturated carbocycles. The van der Waals surface area contributed by atoms with Gasteiger partial charge in [-0.3, -0.25) is 0 Å². The van der Waals surface area contributed by atoms with Gasteiger partial charge in [-0.1, -0.05) is 13.3 Å². The summed E-state index contributed by atoms with van der Waals surface area (Å²) in [7, 11) is 0. The molecule has 1 aliphatic rings. The summed E-state index contributed by atoms with van der Waals surface area (Å²) in [6.45, 7) is 5.28. The van der Waals surface area contributed by atoms with E-state index >= 15 is 0 Å². The minimum atomic E-state index is -0.637. The Morgan fingerprint density at radius 1 is 1.24 bits per heavy atom. The molecule has 4 nitrogen and oxygen atoms in total. The molecular weight excluding hydrogens is 218 g/mol. The van der Waals surface area contributed by atoms with Crippen molar-refractivity contribution in [3.63, 3.8) is 0 Å². The van der Waals surface area contributed by atoms with Crippen molar-refractivity contribution in [3.05, 3.63) is 0 Å². The molecule has 0 aromatic heterocycles. The lowest BCUT2D eigenvalue weighted by atomic mass is 9.88. The van der Waals surface area contributed by atoms with E-state index in [1.807, 2.05) is 0 Å². The third-order valence-corrected chi connectivity index (χ3v) is 3.61. The third-order valence-electron chi connectivity index (χ3n) is 3.61. The number of ether oxygens (including phenoxy) is 2. The minimum absolute atomic E-state index is 0.309. The first-order valence-corrected chi connectivity index (χ1v) is 6.81. The van der Waals surface area contributed by atoms with Gasteiger partial charge in [-0.05, 0) is 31.6 Å². The maximum absolute atomic E-state index is 10.2. The van der Waals surface area contributed by atoms with Crippen LogP contribution in [0.15, 0.2) is 0 Å². The fourth-order valence-corrected chi connectivity index (χ4v) is 2.50. The maximum atomic E-state index is 10.2. The van der Waals surface area contributed by atoms with Gasteiger partial charge in [0.2, 0.25) is 0 Å². The van der Waals surface area contributed by atoms with Crippen LogP contribution < -0.4 is 5.73 Å². The fourth-order valence-electron chi connectivity index (χ4n) is 2.50. The SMILES string of the molecule is CCCOCCOCCC1CCCC1(O)CN. The molecule has 0 heterocycles. The van der Waals surface area contributed by atoms with E-state index in [1.54, 1.807) is 0 Å². The van der Waals surface area contributed by atoms with E-state index in [4.69, 9.17) is 15.2 Å². The highest BCUT2D eigenvalue weighted by Crippen LogP contribution is 2.36. The number of rotatable bonds is 9. The summed E-state index contributed by atoms with van der Waals surface area (Å²) in [4.78, 5) is 0. The zero-order chi connectivity index (χ0) is 12.6. The molecule has 1 aliphatic carbocycles. The van der Waals surface area contributed by atoms with E-state index in [0.29, 0.717) is 32.3 Å². The normalized spacial score (nSPS) is 28.8. The predicted octanol–water partition coefficient (Wildman–Crippen LogP) is 1.31. The molecule has 0 saturated heterocycles. The van der Waals surface area contributed by atoms with Crippen LogP contribution in [0.3, 0.4) is 0 Å². The summed E-state index contributed by atoms with van der Waals surface area (Å²) < 4.78 is 10.8. The van der Waals surface area contributed by atoms with Crippen LogP contribution in [0.4, 0.5) is 0 Å². The van der Waals surface area contributed by atoms with Gasteiger partial charge in [0.05, 0.1) is 18.8 Å². The summed E-state index contributed by atoms with van der Waals surface area (Å²) in [6.07, 6.45) is 4.95. The lowest BCUT2D eigenvalue weighted by Gasteiger charge is -2.28. The number of hydrogen-bond acceptors (Lipinski definition) is 4. The van der Waals surface area contributed by atoms with E-state index in [9.17, 15) is 5.11 Å². The van der Waals surface area contributed by atoms with Gasteiger partial charge in [-0.15, -0.1) is 0 Å². The zero-order valence-corrected chi connectivity index (χ0v) is 11.0. The fraction of sp³-hybridized carbons (Fsp3) is 1.00. The molecule has 2 atom stereocenters. The number of nitrogens with two attached hydrogens (primary N) is 1. The highest BCUT2D eigenvalue weighted by molar-refractivity contribution is 4.92. The van der Waals surface area contributed by atoms with Gasteiger partial charge in [0, 0.05) is 19.8 Å². The molecule has 0 aliphatic heterocycles. The average Bonchev–Trinajstić information content (AvgIpc) is 2.71. The lowest BCUT2D eigenvalue weighted by molar-refractivity contribution is -0.0104. The van der Waals surface area contributed by atoms with Crippen LogP contribution in [0.5, 0.6) is 0 Å². The van der Waals surface area contributed by atoms with Crippen LogP contribution in [0.1, 0.15) is 39.0 Å². The summed E-state index contributed by atoms with van der Waals surface area (Å²) in [5, 5.41) is 10.2. The first kappa shape index (κ1) is 14.9. The molecule has 0 spiro atoms. The van der Waals surface area contributed by atoms with Gasteiger partial charge in [0.25, 0.3) is 0 Å². The van der Waals surface area contributed by atoms with E-state index < -0.39 is 5.60 Å². The number of hydrogen-bond donors (Lipinski definition) is 2. The second-order valence-electron chi connectivity index (χ2n) is 4.91. The Morgan fingerprint density at radius 3 is 2.59 bits per heavy atom. The molecule has 2 unspecified atom stereocenters. The largest absolute Gasteiger partial charge is 0.388 e. The second kappa shape index (κ2) is 8.03. The molecule has 0 aromatic rings. The van der Waals surface area contributed by atoms with Gasteiger partial charge in [-0.25, -0.2) is 0 Å². The maximum Gasteiger partial charge on any atom is 0.0798 e. The smallest absolute Gasteiger partial charge is 0.0798 e. The van der Waals surface area contributed by atoms with Crippen molar-refractivity contribution in [3.8, 4) is 0 Å². The molecule has 17 heavy (non-hydrogen) atoms. The van der Waals surface area contributed by atoms with Crippen LogP contribution in [0, 0.1) is 5.92 Å². The Kier molecular flexibility index (Phi) is 7.04. The highest BCUT2D eigenvalue weighted by Gasteiger charge is 2.39. The van der Waals surface area contributed by atoms with Crippen molar-refractivity contribution in [2.45, 2.75) is 44.6 Å². The quantitative estimate of drug-likeness (QED) is 0.601. The summed E-state index contributed by atoms with van der Waals surface area (Å²) in [6, 6.07) is 0. The monoisotopic (exact) mass is 245 g/mol. The van der Waals surface area contributed by atoms with Gasteiger partial charge in [0.1, 0.15) is 0 Å². The molecule has 0 aromatic carbocycles. The molecule has 0 radical (unpaired) electrons. The Balaban J connectivity index is 2.02. The molecule has 0 bridgehead atoms. The lowest BCUT2D eigenvalue weighted by Crippen LogP contribution is -2.41. The predicted molar refractivity (Wildman–Crippen MR) is 67.9 cm³/mol. The van der Waals surface area contributed by atoms with E-state index in [0.717, 1.165) is 38.7 Å². The van der Waals surface area contributed by atoms with Crippen molar-refractivity contribution in [2.75, 3.05) is 33.0 Å². The van der Waals surface area contributed by atoms with Gasteiger partial charge in [-0.2, -0.15) is 0 Å². The first-order chi connectivity index (χ1) is 8.23. The van der Waals surface area contributed by atoms with Crippen LogP contribution in [-0.2, 0) is 9.47 Å². The standard InChI is InChI=1S/C13H27NO3/c1-2-7-16-9-10-17-8-5-12-4-3-6-13(12,15)11-14/h12,15H,2-11,14H2,1H3. The average molecular weight is 245 g/mol. The van der Waals surface area contributed by atoms with Crippen molar-refractivity contribution in [2.24, 2.45) is 11.7 Å². The van der Waals surface area contributed by atoms with Gasteiger partial charge in [0.15, 0.2) is 0 Å². The summed E-state index contributed by atoms with van der Waals surface area (Å²) in [5.41, 5.74) is 5.00. The molecule has 1 rings (SSSR count). The van der Waals surface area contributed by atoms with Crippen molar-refractivity contribution in [1.29, 1.82) is 0 Å². The molecule has 0 amide bonds. The van der Waals surface area contributed by atoms with E-state index in [2.05, 4.69) is 6.92 Å². The minimum Gasteiger partial charge on any atom is -0.388 e. The molecule has 1 fully saturated rings. The Labute approximate surface area is 104 Å². The van der Waals surface area contributed by atoms with E-state index in [1.165, 1.54) is 0 Å².